The maximum absolute atomic E-state index is 6.19. The minimum atomic E-state index is 0.341. The van der Waals surface area contributed by atoms with Crippen molar-refractivity contribution in [1.29, 1.82) is 0 Å². The van der Waals surface area contributed by atoms with Crippen molar-refractivity contribution in [1.82, 2.24) is 0 Å². The van der Waals surface area contributed by atoms with Crippen LogP contribution in [0.5, 0.6) is 0 Å². The van der Waals surface area contributed by atoms with Crippen LogP contribution in [0.4, 0.5) is 0 Å². The van der Waals surface area contributed by atoms with E-state index in [9.17, 15) is 0 Å². The summed E-state index contributed by atoms with van der Waals surface area (Å²) in [5.41, 5.74) is 6.19. The summed E-state index contributed by atoms with van der Waals surface area (Å²) in [6.07, 6.45) is 3.68. The Hall–Kier alpha value is 0.490. The third-order valence-corrected chi connectivity index (χ3v) is 5.69. The zero-order chi connectivity index (χ0) is 9.97. The quantitative estimate of drug-likeness (QED) is 0.925. The summed E-state index contributed by atoms with van der Waals surface area (Å²) in [6.45, 7) is 0. The normalized spacial score (nSPS) is 24.0. The van der Waals surface area contributed by atoms with Gasteiger partial charge in [0.05, 0.1) is 3.79 Å². The Morgan fingerprint density at radius 2 is 2.43 bits per heavy atom. The van der Waals surface area contributed by atoms with Crippen molar-refractivity contribution in [2.75, 3.05) is 5.75 Å². The Morgan fingerprint density at radius 1 is 1.57 bits per heavy atom. The molecule has 0 amide bonds. The molecule has 1 fully saturated rings. The Kier molecular flexibility index (Phi) is 3.93. The van der Waals surface area contributed by atoms with Crippen molar-refractivity contribution >= 4 is 39.0 Å². The van der Waals surface area contributed by atoms with Gasteiger partial charge in [-0.3, -0.25) is 0 Å². The molecule has 1 saturated heterocycles. The molecule has 2 rings (SSSR count). The summed E-state index contributed by atoms with van der Waals surface area (Å²) in [5.74, 6) is 1.30. The molecular formula is C10H14BrNS2. The fourth-order valence-electron chi connectivity index (χ4n) is 1.77. The van der Waals surface area contributed by atoms with Crippen molar-refractivity contribution in [3.8, 4) is 0 Å². The van der Waals surface area contributed by atoms with Gasteiger partial charge in [0.15, 0.2) is 0 Å². The maximum Gasteiger partial charge on any atom is 0.0701 e. The SMILES string of the molecule is NC(Cc1ccc(Br)s1)C1CCCS1. The first-order valence-corrected chi connectivity index (χ1v) is 7.53. The first-order chi connectivity index (χ1) is 6.75. The van der Waals surface area contributed by atoms with Gasteiger partial charge < -0.3 is 5.73 Å². The number of hydrogen-bond donors (Lipinski definition) is 1. The Bertz CT molecular complexity index is 294. The van der Waals surface area contributed by atoms with Crippen LogP contribution in [0.1, 0.15) is 17.7 Å². The Balaban J connectivity index is 1.90. The highest BCUT2D eigenvalue weighted by atomic mass is 79.9. The summed E-state index contributed by atoms with van der Waals surface area (Å²) >= 11 is 7.32. The smallest absolute Gasteiger partial charge is 0.0701 e. The van der Waals surface area contributed by atoms with Gasteiger partial charge in [0, 0.05) is 16.2 Å². The van der Waals surface area contributed by atoms with Crippen LogP contribution in [0.3, 0.4) is 0 Å². The number of nitrogens with two attached hydrogens (primary N) is 1. The van der Waals surface area contributed by atoms with E-state index in [1.807, 2.05) is 11.8 Å². The molecule has 0 aromatic carbocycles. The Morgan fingerprint density at radius 3 is 3.00 bits per heavy atom. The third-order valence-electron chi connectivity index (χ3n) is 2.51. The van der Waals surface area contributed by atoms with Crippen molar-refractivity contribution in [2.45, 2.75) is 30.6 Å². The van der Waals surface area contributed by atoms with E-state index in [0.29, 0.717) is 11.3 Å². The molecule has 1 aliphatic heterocycles. The van der Waals surface area contributed by atoms with E-state index >= 15 is 0 Å². The molecule has 0 bridgehead atoms. The van der Waals surface area contributed by atoms with Crippen LogP contribution in [-0.2, 0) is 6.42 Å². The summed E-state index contributed by atoms with van der Waals surface area (Å²) in [6, 6.07) is 4.62. The van der Waals surface area contributed by atoms with Crippen LogP contribution in [0, 0.1) is 0 Å². The van der Waals surface area contributed by atoms with Crippen LogP contribution in [-0.4, -0.2) is 17.0 Å². The second-order valence-corrected chi connectivity index (χ2v) is 7.52. The van der Waals surface area contributed by atoms with Gasteiger partial charge in [-0.2, -0.15) is 11.8 Å². The van der Waals surface area contributed by atoms with Crippen LogP contribution < -0.4 is 5.73 Å². The number of rotatable bonds is 3. The van der Waals surface area contributed by atoms with Gasteiger partial charge in [-0.25, -0.2) is 0 Å². The van der Waals surface area contributed by atoms with E-state index in [0.717, 1.165) is 6.42 Å². The van der Waals surface area contributed by atoms with E-state index in [-0.39, 0.29) is 0 Å². The summed E-state index contributed by atoms with van der Waals surface area (Å²) in [4.78, 5) is 1.40. The molecule has 0 aliphatic carbocycles. The number of hydrogen-bond acceptors (Lipinski definition) is 3. The molecule has 4 heteroatoms. The predicted molar refractivity (Wildman–Crippen MR) is 69.2 cm³/mol. The minimum Gasteiger partial charge on any atom is -0.326 e. The van der Waals surface area contributed by atoms with Crippen molar-refractivity contribution in [3.05, 3.63) is 20.8 Å². The van der Waals surface area contributed by atoms with Gasteiger partial charge in [-0.1, -0.05) is 0 Å². The predicted octanol–water partition coefficient (Wildman–Crippen LogP) is 3.28. The highest BCUT2D eigenvalue weighted by Gasteiger charge is 2.22. The molecule has 0 saturated carbocycles. The minimum absolute atomic E-state index is 0.341. The molecular weight excluding hydrogens is 278 g/mol. The van der Waals surface area contributed by atoms with E-state index < -0.39 is 0 Å². The second kappa shape index (κ2) is 5.01. The molecule has 1 aromatic heterocycles. The van der Waals surface area contributed by atoms with Crippen molar-refractivity contribution in [3.63, 3.8) is 0 Å². The number of thiophene rings is 1. The molecule has 1 aromatic rings. The molecule has 2 N–H and O–H groups in total. The molecule has 1 nitrogen and oxygen atoms in total. The monoisotopic (exact) mass is 291 g/mol. The zero-order valence-electron chi connectivity index (χ0n) is 7.91. The molecule has 2 atom stereocenters. The van der Waals surface area contributed by atoms with E-state index in [2.05, 4.69) is 28.1 Å². The number of thioether (sulfide) groups is 1. The summed E-state index contributed by atoms with van der Waals surface area (Å²) < 4.78 is 1.21. The van der Waals surface area contributed by atoms with Crippen LogP contribution in [0.25, 0.3) is 0 Å². The summed E-state index contributed by atoms with van der Waals surface area (Å²) in [7, 11) is 0. The third kappa shape index (κ3) is 2.75. The molecule has 14 heavy (non-hydrogen) atoms. The van der Waals surface area contributed by atoms with E-state index in [1.165, 1.54) is 27.3 Å². The van der Waals surface area contributed by atoms with E-state index in [4.69, 9.17) is 5.73 Å². The summed E-state index contributed by atoms with van der Waals surface area (Å²) in [5, 5.41) is 0.691. The second-order valence-electron chi connectivity index (χ2n) is 3.63. The first-order valence-electron chi connectivity index (χ1n) is 4.87. The first kappa shape index (κ1) is 11.0. The van der Waals surface area contributed by atoms with E-state index in [1.54, 1.807) is 11.3 Å². The van der Waals surface area contributed by atoms with Crippen molar-refractivity contribution < 1.29 is 0 Å². The van der Waals surface area contributed by atoms with Crippen LogP contribution in [0.2, 0.25) is 0 Å². The van der Waals surface area contributed by atoms with Gasteiger partial charge >= 0.3 is 0 Å². The lowest BCUT2D eigenvalue weighted by Crippen LogP contribution is -2.32. The lowest BCUT2D eigenvalue weighted by Gasteiger charge is -2.16. The van der Waals surface area contributed by atoms with Gasteiger partial charge in [-0.15, -0.1) is 11.3 Å². The average molecular weight is 292 g/mol. The van der Waals surface area contributed by atoms with Gasteiger partial charge in [-0.05, 0) is 53.1 Å². The average Bonchev–Trinajstić information content (AvgIpc) is 2.75. The molecule has 78 valence electrons. The molecule has 0 spiro atoms. The Labute approximate surface area is 102 Å². The lowest BCUT2D eigenvalue weighted by atomic mass is 10.1. The lowest BCUT2D eigenvalue weighted by molar-refractivity contribution is 0.613. The number of halogens is 1. The fourth-order valence-corrected chi connectivity index (χ4v) is 4.63. The van der Waals surface area contributed by atoms with Crippen LogP contribution in [0.15, 0.2) is 15.9 Å². The highest BCUT2D eigenvalue weighted by Crippen LogP contribution is 2.30. The highest BCUT2D eigenvalue weighted by molar-refractivity contribution is 9.11. The standard InChI is InChI=1S/C10H14BrNS2/c11-10-4-3-7(14-10)6-8(12)9-2-1-5-13-9/h3-4,8-9H,1-2,5-6,12H2. The van der Waals surface area contributed by atoms with Crippen LogP contribution >= 0.6 is 39.0 Å². The molecule has 2 heterocycles. The van der Waals surface area contributed by atoms with Crippen molar-refractivity contribution in [2.24, 2.45) is 5.73 Å². The largest absolute Gasteiger partial charge is 0.326 e. The molecule has 1 aliphatic rings. The van der Waals surface area contributed by atoms with Gasteiger partial charge in [0.25, 0.3) is 0 Å². The maximum atomic E-state index is 6.19. The molecule has 2 unspecified atom stereocenters. The zero-order valence-corrected chi connectivity index (χ0v) is 11.1. The van der Waals surface area contributed by atoms with Gasteiger partial charge in [0.2, 0.25) is 0 Å². The fraction of sp³-hybridized carbons (Fsp3) is 0.600. The van der Waals surface area contributed by atoms with Gasteiger partial charge in [0.1, 0.15) is 0 Å². The molecule has 0 radical (unpaired) electrons. The topological polar surface area (TPSA) is 26.0 Å².